The molecular formula is C13H16N2O. The van der Waals surface area contributed by atoms with Crippen molar-refractivity contribution in [2.24, 2.45) is 5.92 Å². The Morgan fingerprint density at radius 3 is 3.06 bits per heavy atom. The second-order valence-electron chi connectivity index (χ2n) is 4.38. The average molecular weight is 216 g/mol. The van der Waals surface area contributed by atoms with Gasteiger partial charge in [0, 0.05) is 0 Å². The molecule has 1 heterocycles. The molecular weight excluding hydrogens is 200 g/mol. The summed E-state index contributed by atoms with van der Waals surface area (Å²) < 4.78 is 0. The number of benzene rings is 1. The summed E-state index contributed by atoms with van der Waals surface area (Å²) in [5.41, 5.74) is 1.52. The minimum Gasteiger partial charge on any atom is -0.507 e. The third-order valence-corrected chi connectivity index (χ3v) is 3.10. The molecule has 3 nitrogen and oxygen atoms in total. The van der Waals surface area contributed by atoms with Crippen molar-refractivity contribution in [3.05, 3.63) is 29.3 Å². The predicted octanol–water partition coefficient (Wildman–Crippen LogP) is 1.81. The van der Waals surface area contributed by atoms with Crippen molar-refractivity contribution in [3.63, 3.8) is 0 Å². The van der Waals surface area contributed by atoms with E-state index in [1.54, 1.807) is 12.1 Å². The van der Waals surface area contributed by atoms with Gasteiger partial charge in [-0.15, -0.1) is 0 Å². The van der Waals surface area contributed by atoms with Gasteiger partial charge in [0.1, 0.15) is 11.8 Å². The molecule has 1 aliphatic rings. The number of piperidine rings is 1. The number of rotatable bonds is 2. The number of nitrogens with zero attached hydrogens (tertiary/aromatic N) is 1. The smallest absolute Gasteiger partial charge is 0.133 e. The summed E-state index contributed by atoms with van der Waals surface area (Å²) >= 11 is 0. The molecule has 0 saturated carbocycles. The van der Waals surface area contributed by atoms with E-state index in [1.165, 1.54) is 12.8 Å². The summed E-state index contributed by atoms with van der Waals surface area (Å²) in [4.78, 5) is 0. The topological polar surface area (TPSA) is 56.0 Å². The lowest BCUT2D eigenvalue weighted by Crippen LogP contribution is -2.30. The molecule has 0 bridgehead atoms. The van der Waals surface area contributed by atoms with Crippen LogP contribution in [0.1, 0.15) is 24.0 Å². The molecule has 1 aromatic rings. The number of aromatic hydroxyl groups is 1. The Morgan fingerprint density at radius 1 is 1.50 bits per heavy atom. The monoisotopic (exact) mass is 216 g/mol. The van der Waals surface area contributed by atoms with E-state index in [9.17, 15) is 5.11 Å². The molecule has 0 spiro atoms. The lowest BCUT2D eigenvalue weighted by atomic mass is 9.92. The van der Waals surface area contributed by atoms with Gasteiger partial charge >= 0.3 is 0 Å². The minimum absolute atomic E-state index is 0.0769. The van der Waals surface area contributed by atoms with Gasteiger partial charge in [-0.25, -0.2) is 0 Å². The molecule has 1 unspecified atom stereocenters. The Hall–Kier alpha value is -1.53. The molecule has 2 rings (SSSR count). The highest BCUT2D eigenvalue weighted by Crippen LogP contribution is 2.21. The Kier molecular flexibility index (Phi) is 3.43. The zero-order chi connectivity index (χ0) is 11.4. The van der Waals surface area contributed by atoms with Crippen molar-refractivity contribution in [2.45, 2.75) is 19.3 Å². The van der Waals surface area contributed by atoms with Crippen LogP contribution in [0.2, 0.25) is 0 Å². The molecule has 0 radical (unpaired) electrons. The van der Waals surface area contributed by atoms with Crippen molar-refractivity contribution in [1.82, 2.24) is 5.32 Å². The van der Waals surface area contributed by atoms with E-state index in [2.05, 4.69) is 5.32 Å². The van der Waals surface area contributed by atoms with Crippen LogP contribution in [0.4, 0.5) is 0 Å². The van der Waals surface area contributed by atoms with Gasteiger partial charge in [-0.1, -0.05) is 6.07 Å². The number of phenols is 1. The highest BCUT2D eigenvalue weighted by atomic mass is 16.3. The predicted molar refractivity (Wildman–Crippen MR) is 62.1 cm³/mol. The van der Waals surface area contributed by atoms with Crippen LogP contribution in [-0.4, -0.2) is 18.2 Å². The first kappa shape index (κ1) is 11.0. The molecule has 2 N–H and O–H groups in total. The summed E-state index contributed by atoms with van der Waals surface area (Å²) in [6, 6.07) is 7.33. The number of phenolic OH excluding ortho intramolecular Hbond substituents is 1. The maximum atomic E-state index is 9.41. The number of hydrogen-bond donors (Lipinski definition) is 2. The normalized spacial score (nSPS) is 20.3. The molecule has 1 atom stereocenters. The van der Waals surface area contributed by atoms with Crippen molar-refractivity contribution >= 4 is 0 Å². The molecule has 16 heavy (non-hydrogen) atoms. The summed E-state index contributed by atoms with van der Waals surface area (Å²) in [5.74, 6) is 0.734. The van der Waals surface area contributed by atoms with E-state index in [4.69, 9.17) is 5.26 Å². The van der Waals surface area contributed by atoms with Crippen molar-refractivity contribution in [2.75, 3.05) is 13.1 Å². The van der Waals surface area contributed by atoms with Gasteiger partial charge in [0.2, 0.25) is 0 Å². The van der Waals surface area contributed by atoms with Crippen molar-refractivity contribution < 1.29 is 5.11 Å². The number of nitrogens with one attached hydrogen (secondary N) is 1. The first-order valence-corrected chi connectivity index (χ1v) is 5.72. The fourth-order valence-electron chi connectivity index (χ4n) is 2.23. The molecule has 1 aliphatic heterocycles. The SMILES string of the molecule is N#Cc1cc(CC2CCCNC2)ccc1O. The second kappa shape index (κ2) is 5.00. The minimum atomic E-state index is 0.0769. The number of hydrogen-bond acceptors (Lipinski definition) is 3. The van der Waals surface area contributed by atoms with Gasteiger partial charge in [-0.05, 0) is 56.0 Å². The summed E-state index contributed by atoms with van der Waals surface area (Å²) in [5, 5.41) is 21.6. The molecule has 1 fully saturated rings. The summed E-state index contributed by atoms with van der Waals surface area (Å²) in [6.07, 6.45) is 3.46. The van der Waals surface area contributed by atoms with Gasteiger partial charge < -0.3 is 10.4 Å². The zero-order valence-corrected chi connectivity index (χ0v) is 9.24. The molecule has 3 heteroatoms. The van der Waals surface area contributed by atoms with Crippen molar-refractivity contribution in [1.29, 1.82) is 5.26 Å². The van der Waals surface area contributed by atoms with Crippen LogP contribution in [0.25, 0.3) is 0 Å². The van der Waals surface area contributed by atoms with Crippen LogP contribution < -0.4 is 5.32 Å². The van der Waals surface area contributed by atoms with Crippen molar-refractivity contribution in [3.8, 4) is 11.8 Å². The van der Waals surface area contributed by atoms with Gasteiger partial charge in [0.15, 0.2) is 0 Å². The fraction of sp³-hybridized carbons (Fsp3) is 0.462. The summed E-state index contributed by atoms with van der Waals surface area (Å²) in [7, 11) is 0. The van der Waals surface area contributed by atoms with Gasteiger partial charge in [-0.3, -0.25) is 0 Å². The molecule has 0 aromatic heterocycles. The lowest BCUT2D eigenvalue weighted by molar-refractivity contribution is 0.376. The molecule has 1 aromatic carbocycles. The Labute approximate surface area is 95.7 Å². The first-order valence-electron chi connectivity index (χ1n) is 5.72. The van der Waals surface area contributed by atoms with Crippen LogP contribution in [0.3, 0.4) is 0 Å². The molecule has 0 aliphatic carbocycles. The Balaban J connectivity index is 2.06. The van der Waals surface area contributed by atoms with Crippen LogP contribution in [0, 0.1) is 17.2 Å². The quantitative estimate of drug-likeness (QED) is 0.792. The molecule has 0 amide bonds. The summed E-state index contributed by atoms with van der Waals surface area (Å²) in [6.45, 7) is 2.18. The fourth-order valence-corrected chi connectivity index (χ4v) is 2.23. The Morgan fingerprint density at radius 2 is 2.38 bits per heavy atom. The lowest BCUT2D eigenvalue weighted by Gasteiger charge is -2.22. The first-order chi connectivity index (χ1) is 7.79. The van der Waals surface area contributed by atoms with Crippen LogP contribution in [-0.2, 0) is 6.42 Å². The van der Waals surface area contributed by atoms with Crippen LogP contribution in [0.5, 0.6) is 5.75 Å². The van der Waals surface area contributed by atoms with Crippen LogP contribution >= 0.6 is 0 Å². The van der Waals surface area contributed by atoms with E-state index in [1.807, 2.05) is 12.1 Å². The third kappa shape index (κ3) is 2.53. The maximum absolute atomic E-state index is 9.41. The van der Waals surface area contributed by atoms with E-state index >= 15 is 0 Å². The van der Waals surface area contributed by atoms with Gasteiger partial charge in [0.25, 0.3) is 0 Å². The molecule has 1 saturated heterocycles. The highest BCUT2D eigenvalue weighted by molar-refractivity contribution is 5.44. The number of nitriles is 1. The highest BCUT2D eigenvalue weighted by Gasteiger charge is 2.14. The average Bonchev–Trinajstić information content (AvgIpc) is 2.33. The third-order valence-electron chi connectivity index (χ3n) is 3.10. The largest absolute Gasteiger partial charge is 0.507 e. The van der Waals surface area contributed by atoms with Crippen LogP contribution in [0.15, 0.2) is 18.2 Å². The standard InChI is InChI=1S/C13H16N2O/c14-8-12-7-10(3-4-13(12)16)6-11-2-1-5-15-9-11/h3-4,7,11,15-16H,1-2,5-6,9H2. The van der Waals surface area contributed by atoms with Gasteiger partial charge in [0.05, 0.1) is 5.56 Å². The van der Waals surface area contributed by atoms with E-state index < -0.39 is 0 Å². The Bertz CT molecular complexity index is 403. The maximum Gasteiger partial charge on any atom is 0.133 e. The second-order valence-corrected chi connectivity index (χ2v) is 4.38. The molecule has 84 valence electrons. The van der Waals surface area contributed by atoms with E-state index in [0.29, 0.717) is 11.5 Å². The zero-order valence-electron chi connectivity index (χ0n) is 9.24. The van der Waals surface area contributed by atoms with E-state index in [-0.39, 0.29) is 5.75 Å². The van der Waals surface area contributed by atoms with E-state index in [0.717, 1.165) is 25.1 Å². The van der Waals surface area contributed by atoms with Gasteiger partial charge in [-0.2, -0.15) is 5.26 Å².